The summed E-state index contributed by atoms with van der Waals surface area (Å²) in [6.07, 6.45) is 0. The minimum absolute atomic E-state index is 0.0633. The summed E-state index contributed by atoms with van der Waals surface area (Å²) in [6.45, 7) is 2.52. The van der Waals surface area contributed by atoms with E-state index in [0.29, 0.717) is 12.2 Å². The highest BCUT2D eigenvalue weighted by Gasteiger charge is 2.07. The van der Waals surface area contributed by atoms with Gasteiger partial charge in [-0.15, -0.1) is 5.10 Å². The summed E-state index contributed by atoms with van der Waals surface area (Å²) in [5, 5.41) is 16.9. The van der Waals surface area contributed by atoms with Crippen LogP contribution in [-0.4, -0.2) is 20.1 Å². The predicted molar refractivity (Wildman–Crippen MR) is 63.9 cm³/mol. The SMILES string of the molecule is Cc1c(CO)nnn1Cc1ccc(Br)cc1. The van der Waals surface area contributed by atoms with Crippen LogP contribution in [0.1, 0.15) is 17.0 Å². The van der Waals surface area contributed by atoms with Crippen molar-refractivity contribution in [1.82, 2.24) is 15.0 Å². The first kappa shape index (κ1) is 11.3. The molecule has 0 bridgehead atoms. The van der Waals surface area contributed by atoms with Crippen LogP contribution >= 0.6 is 15.9 Å². The van der Waals surface area contributed by atoms with Crippen molar-refractivity contribution < 1.29 is 5.11 Å². The third kappa shape index (κ3) is 2.31. The molecule has 0 aliphatic heterocycles. The van der Waals surface area contributed by atoms with Crippen LogP contribution in [0.2, 0.25) is 0 Å². The molecule has 0 radical (unpaired) electrons. The fourth-order valence-electron chi connectivity index (χ4n) is 1.46. The van der Waals surface area contributed by atoms with Crippen LogP contribution in [0.4, 0.5) is 0 Å². The van der Waals surface area contributed by atoms with E-state index in [-0.39, 0.29) is 6.61 Å². The molecule has 84 valence electrons. The van der Waals surface area contributed by atoms with Gasteiger partial charge < -0.3 is 5.11 Å². The van der Waals surface area contributed by atoms with Gasteiger partial charge in [0, 0.05) is 4.47 Å². The second kappa shape index (κ2) is 4.76. The number of halogens is 1. The minimum atomic E-state index is -0.0633. The third-order valence-electron chi connectivity index (χ3n) is 2.47. The maximum absolute atomic E-state index is 9.01. The Kier molecular flexibility index (Phi) is 3.36. The Bertz CT molecular complexity index is 478. The van der Waals surface area contributed by atoms with Crippen molar-refractivity contribution in [2.45, 2.75) is 20.1 Å². The molecule has 0 spiro atoms. The second-order valence-corrected chi connectivity index (χ2v) is 4.48. The van der Waals surface area contributed by atoms with Crippen molar-refractivity contribution in [3.05, 3.63) is 45.7 Å². The topological polar surface area (TPSA) is 50.9 Å². The van der Waals surface area contributed by atoms with Crippen molar-refractivity contribution in [2.75, 3.05) is 0 Å². The lowest BCUT2D eigenvalue weighted by Gasteiger charge is -2.03. The van der Waals surface area contributed by atoms with E-state index in [4.69, 9.17) is 5.11 Å². The van der Waals surface area contributed by atoms with Crippen LogP contribution in [0.5, 0.6) is 0 Å². The molecule has 0 atom stereocenters. The van der Waals surface area contributed by atoms with Crippen molar-refractivity contribution in [3.63, 3.8) is 0 Å². The largest absolute Gasteiger partial charge is 0.390 e. The Hall–Kier alpha value is -1.20. The predicted octanol–water partition coefficient (Wildman–Crippen LogP) is 1.89. The fourth-order valence-corrected chi connectivity index (χ4v) is 1.72. The summed E-state index contributed by atoms with van der Waals surface area (Å²) in [5.41, 5.74) is 2.70. The summed E-state index contributed by atoms with van der Waals surface area (Å²) < 4.78 is 2.84. The zero-order chi connectivity index (χ0) is 11.5. The molecular weight excluding hydrogens is 270 g/mol. The Morgan fingerprint density at radius 2 is 2.00 bits per heavy atom. The van der Waals surface area contributed by atoms with Crippen molar-refractivity contribution in [1.29, 1.82) is 0 Å². The van der Waals surface area contributed by atoms with E-state index in [9.17, 15) is 0 Å². The lowest BCUT2D eigenvalue weighted by atomic mass is 10.2. The summed E-state index contributed by atoms with van der Waals surface area (Å²) in [6, 6.07) is 8.05. The normalized spacial score (nSPS) is 10.7. The maximum Gasteiger partial charge on any atom is 0.111 e. The van der Waals surface area contributed by atoms with Gasteiger partial charge in [0.25, 0.3) is 0 Å². The van der Waals surface area contributed by atoms with E-state index in [0.717, 1.165) is 15.7 Å². The highest BCUT2D eigenvalue weighted by atomic mass is 79.9. The average Bonchev–Trinajstić information content (AvgIpc) is 2.63. The Balaban J connectivity index is 2.20. The van der Waals surface area contributed by atoms with Gasteiger partial charge in [0.15, 0.2) is 0 Å². The van der Waals surface area contributed by atoms with Crippen LogP contribution in [0.15, 0.2) is 28.7 Å². The lowest BCUT2D eigenvalue weighted by molar-refractivity contribution is 0.276. The first-order chi connectivity index (χ1) is 7.70. The van der Waals surface area contributed by atoms with Gasteiger partial charge in [-0.1, -0.05) is 33.3 Å². The van der Waals surface area contributed by atoms with Gasteiger partial charge in [-0.05, 0) is 24.6 Å². The van der Waals surface area contributed by atoms with Crippen LogP contribution in [-0.2, 0) is 13.2 Å². The summed E-state index contributed by atoms with van der Waals surface area (Å²) in [7, 11) is 0. The Labute approximate surface area is 102 Å². The van der Waals surface area contributed by atoms with Crippen molar-refractivity contribution >= 4 is 15.9 Å². The Morgan fingerprint density at radius 1 is 1.31 bits per heavy atom. The van der Waals surface area contributed by atoms with E-state index in [1.807, 2.05) is 31.2 Å². The van der Waals surface area contributed by atoms with Gasteiger partial charge in [-0.2, -0.15) is 0 Å². The number of nitrogens with zero attached hydrogens (tertiary/aromatic N) is 3. The first-order valence-electron chi connectivity index (χ1n) is 4.95. The summed E-state index contributed by atoms with van der Waals surface area (Å²) >= 11 is 3.39. The van der Waals surface area contributed by atoms with E-state index < -0.39 is 0 Å². The highest BCUT2D eigenvalue weighted by molar-refractivity contribution is 9.10. The molecule has 1 aromatic heterocycles. The van der Waals surface area contributed by atoms with E-state index >= 15 is 0 Å². The fraction of sp³-hybridized carbons (Fsp3) is 0.273. The standard InChI is InChI=1S/C11H12BrN3O/c1-8-11(7-16)13-14-15(8)6-9-2-4-10(12)5-3-9/h2-5,16H,6-7H2,1H3. The van der Waals surface area contributed by atoms with E-state index in [2.05, 4.69) is 26.2 Å². The smallest absolute Gasteiger partial charge is 0.111 e. The number of aromatic nitrogens is 3. The van der Waals surface area contributed by atoms with Crippen LogP contribution in [0, 0.1) is 6.92 Å². The van der Waals surface area contributed by atoms with Crippen molar-refractivity contribution in [2.24, 2.45) is 0 Å². The van der Waals surface area contributed by atoms with Gasteiger partial charge in [-0.25, -0.2) is 4.68 Å². The molecule has 0 amide bonds. The zero-order valence-corrected chi connectivity index (χ0v) is 10.5. The number of hydrogen-bond donors (Lipinski definition) is 1. The number of aliphatic hydroxyl groups excluding tert-OH is 1. The number of benzene rings is 1. The van der Waals surface area contributed by atoms with Crippen LogP contribution in [0.25, 0.3) is 0 Å². The molecule has 1 N–H and O–H groups in total. The molecule has 0 saturated carbocycles. The van der Waals surface area contributed by atoms with Crippen molar-refractivity contribution in [3.8, 4) is 0 Å². The third-order valence-corrected chi connectivity index (χ3v) is 3.00. The van der Waals surface area contributed by atoms with E-state index in [1.165, 1.54) is 0 Å². The molecule has 4 nitrogen and oxygen atoms in total. The maximum atomic E-state index is 9.01. The molecule has 1 aromatic carbocycles. The molecule has 2 rings (SSSR count). The minimum Gasteiger partial charge on any atom is -0.390 e. The molecule has 0 saturated heterocycles. The van der Waals surface area contributed by atoms with Gasteiger partial charge >= 0.3 is 0 Å². The van der Waals surface area contributed by atoms with Crippen LogP contribution in [0.3, 0.4) is 0 Å². The molecule has 0 aliphatic rings. The number of rotatable bonds is 3. The summed E-state index contributed by atoms with van der Waals surface area (Å²) in [5.74, 6) is 0. The highest BCUT2D eigenvalue weighted by Crippen LogP contribution is 2.12. The molecule has 0 fully saturated rings. The molecule has 0 aliphatic carbocycles. The first-order valence-corrected chi connectivity index (χ1v) is 5.74. The number of hydrogen-bond acceptors (Lipinski definition) is 3. The monoisotopic (exact) mass is 281 g/mol. The van der Waals surface area contributed by atoms with Gasteiger partial charge in [0.1, 0.15) is 5.69 Å². The molecule has 2 aromatic rings. The quantitative estimate of drug-likeness (QED) is 0.935. The molecule has 0 unspecified atom stereocenters. The van der Waals surface area contributed by atoms with Gasteiger partial charge in [0.05, 0.1) is 18.8 Å². The lowest BCUT2D eigenvalue weighted by Crippen LogP contribution is -2.04. The van der Waals surface area contributed by atoms with Crippen LogP contribution < -0.4 is 0 Å². The molecule has 1 heterocycles. The Morgan fingerprint density at radius 3 is 2.56 bits per heavy atom. The van der Waals surface area contributed by atoms with Gasteiger partial charge in [-0.3, -0.25) is 0 Å². The zero-order valence-electron chi connectivity index (χ0n) is 8.89. The molecular formula is C11H12BrN3O. The molecule has 16 heavy (non-hydrogen) atoms. The molecule has 5 heteroatoms. The number of aliphatic hydroxyl groups is 1. The summed E-state index contributed by atoms with van der Waals surface area (Å²) in [4.78, 5) is 0. The average molecular weight is 282 g/mol. The van der Waals surface area contributed by atoms with Gasteiger partial charge in [0.2, 0.25) is 0 Å². The second-order valence-electron chi connectivity index (χ2n) is 3.56. The van der Waals surface area contributed by atoms with E-state index in [1.54, 1.807) is 4.68 Å².